The highest BCUT2D eigenvalue weighted by Gasteiger charge is 2.37. The molecule has 2 aromatic heterocycles. The average Bonchev–Trinajstić information content (AvgIpc) is 2.99. The summed E-state index contributed by atoms with van der Waals surface area (Å²) in [5.41, 5.74) is 2.60. The van der Waals surface area contributed by atoms with Crippen LogP contribution in [0.2, 0.25) is 0 Å². The first-order valence-corrected chi connectivity index (χ1v) is 7.50. The summed E-state index contributed by atoms with van der Waals surface area (Å²) in [5.74, 6) is 0.557. The molecule has 1 N–H and O–H groups in total. The number of aliphatic hydroxyl groups excluding tert-OH is 1. The molecule has 1 unspecified atom stereocenters. The Bertz CT molecular complexity index is 534. The van der Waals surface area contributed by atoms with Gasteiger partial charge in [0, 0.05) is 10.4 Å². The highest BCUT2D eigenvalue weighted by atomic mass is 32.1. The molecule has 0 aromatic carbocycles. The molecule has 1 fully saturated rings. The van der Waals surface area contributed by atoms with Gasteiger partial charge in [-0.25, -0.2) is 4.98 Å². The van der Waals surface area contributed by atoms with Crippen molar-refractivity contribution in [3.63, 3.8) is 0 Å². The quantitative estimate of drug-likeness (QED) is 0.855. The van der Waals surface area contributed by atoms with E-state index in [-0.39, 0.29) is 6.10 Å². The summed E-state index contributed by atoms with van der Waals surface area (Å²) in [6.07, 6.45) is 8.07. The van der Waals surface area contributed by atoms with Crippen LogP contribution in [0.15, 0.2) is 24.0 Å². The number of rotatable bonds is 1. The zero-order chi connectivity index (χ0) is 12.1. The van der Waals surface area contributed by atoms with Crippen molar-refractivity contribution in [2.75, 3.05) is 0 Å². The van der Waals surface area contributed by atoms with Gasteiger partial charge in [-0.05, 0) is 36.6 Å². The molecule has 18 heavy (non-hydrogen) atoms. The Morgan fingerprint density at radius 1 is 1.39 bits per heavy atom. The predicted octanol–water partition coefficient (Wildman–Crippen LogP) is 3.07. The van der Waals surface area contributed by atoms with Crippen LogP contribution in [-0.2, 0) is 0 Å². The average molecular weight is 260 g/mol. The number of imidazole rings is 1. The molecular formula is C14H16N2OS. The number of hydrogen-bond donors (Lipinski definition) is 1. The Kier molecular flexibility index (Phi) is 2.35. The SMILES string of the molecule is O[C@@H]1CCC[C@H](C2c3sccc3-c3cncn32)C1. The third-order valence-corrected chi connectivity index (χ3v) is 5.33. The van der Waals surface area contributed by atoms with Crippen molar-refractivity contribution in [2.45, 2.75) is 37.8 Å². The van der Waals surface area contributed by atoms with Gasteiger partial charge in [-0.15, -0.1) is 11.3 Å². The lowest BCUT2D eigenvalue weighted by Gasteiger charge is -2.31. The number of nitrogens with zero attached hydrogens (tertiary/aromatic N) is 2. The number of aliphatic hydroxyl groups is 1. The van der Waals surface area contributed by atoms with Crippen molar-refractivity contribution in [3.05, 3.63) is 28.8 Å². The van der Waals surface area contributed by atoms with Crippen LogP contribution in [0.3, 0.4) is 0 Å². The van der Waals surface area contributed by atoms with E-state index in [0.717, 1.165) is 19.3 Å². The molecule has 1 aliphatic heterocycles. The molecule has 4 rings (SSSR count). The van der Waals surface area contributed by atoms with Gasteiger partial charge in [0.1, 0.15) is 0 Å². The van der Waals surface area contributed by atoms with Crippen LogP contribution >= 0.6 is 11.3 Å². The maximum absolute atomic E-state index is 9.92. The van der Waals surface area contributed by atoms with Gasteiger partial charge < -0.3 is 9.67 Å². The van der Waals surface area contributed by atoms with E-state index in [9.17, 15) is 5.11 Å². The van der Waals surface area contributed by atoms with Crippen molar-refractivity contribution < 1.29 is 5.11 Å². The Labute approximate surface area is 110 Å². The topological polar surface area (TPSA) is 38.1 Å². The fourth-order valence-corrected chi connectivity index (χ4v) is 4.65. The number of aromatic nitrogens is 2. The van der Waals surface area contributed by atoms with E-state index in [4.69, 9.17) is 0 Å². The van der Waals surface area contributed by atoms with Crippen LogP contribution in [0.5, 0.6) is 0 Å². The van der Waals surface area contributed by atoms with Crippen molar-refractivity contribution in [2.24, 2.45) is 5.92 Å². The second kappa shape index (κ2) is 3.93. The monoisotopic (exact) mass is 260 g/mol. The van der Waals surface area contributed by atoms with E-state index in [1.807, 2.05) is 23.9 Å². The van der Waals surface area contributed by atoms with Crippen LogP contribution in [0.25, 0.3) is 11.3 Å². The van der Waals surface area contributed by atoms with E-state index in [1.54, 1.807) is 0 Å². The lowest BCUT2D eigenvalue weighted by Crippen LogP contribution is -2.26. The standard InChI is InChI=1S/C14H16N2OS/c17-10-3-1-2-9(6-10)13-14-11(4-5-18-14)12-7-15-8-16(12)13/h4-5,7-10,13,17H,1-3,6H2/t9-,10+,13?/m0/s1. The molecule has 3 atom stereocenters. The molecule has 94 valence electrons. The first kappa shape index (κ1) is 10.8. The summed E-state index contributed by atoms with van der Waals surface area (Å²) in [7, 11) is 0. The third kappa shape index (κ3) is 1.42. The largest absolute Gasteiger partial charge is 0.393 e. The summed E-state index contributed by atoms with van der Waals surface area (Å²) in [6, 6.07) is 2.61. The van der Waals surface area contributed by atoms with Crippen LogP contribution in [0.4, 0.5) is 0 Å². The van der Waals surface area contributed by atoms with Gasteiger partial charge in [-0.3, -0.25) is 0 Å². The van der Waals surface area contributed by atoms with Gasteiger partial charge in [-0.2, -0.15) is 0 Å². The van der Waals surface area contributed by atoms with Crippen molar-refractivity contribution in [1.82, 2.24) is 9.55 Å². The Morgan fingerprint density at radius 2 is 2.33 bits per heavy atom. The van der Waals surface area contributed by atoms with Crippen LogP contribution in [0.1, 0.15) is 36.6 Å². The molecule has 0 radical (unpaired) electrons. The summed E-state index contributed by atoms with van der Waals surface area (Å²) in [4.78, 5) is 5.76. The molecule has 0 spiro atoms. The minimum Gasteiger partial charge on any atom is -0.393 e. The molecule has 2 aromatic rings. The smallest absolute Gasteiger partial charge is 0.0957 e. The van der Waals surface area contributed by atoms with E-state index < -0.39 is 0 Å². The lowest BCUT2D eigenvalue weighted by atomic mass is 9.82. The highest BCUT2D eigenvalue weighted by Crippen LogP contribution is 2.49. The molecule has 3 nitrogen and oxygen atoms in total. The fourth-order valence-electron chi connectivity index (χ4n) is 3.55. The normalized spacial score (nSPS) is 30.2. The predicted molar refractivity (Wildman–Crippen MR) is 71.6 cm³/mol. The summed E-state index contributed by atoms with van der Waals surface area (Å²) >= 11 is 1.85. The highest BCUT2D eigenvalue weighted by molar-refractivity contribution is 7.10. The summed E-state index contributed by atoms with van der Waals surface area (Å²) < 4.78 is 2.31. The zero-order valence-corrected chi connectivity index (χ0v) is 10.9. The molecule has 1 aliphatic carbocycles. The molecule has 0 saturated heterocycles. The molecule has 3 heterocycles. The Hall–Kier alpha value is -1.13. The maximum atomic E-state index is 9.92. The van der Waals surface area contributed by atoms with Crippen molar-refractivity contribution in [3.8, 4) is 11.3 Å². The molecule has 1 saturated carbocycles. The third-order valence-electron chi connectivity index (χ3n) is 4.34. The Balaban J connectivity index is 1.77. The second-order valence-electron chi connectivity index (χ2n) is 5.41. The van der Waals surface area contributed by atoms with Crippen molar-refractivity contribution >= 4 is 11.3 Å². The number of fused-ring (bicyclic) bond motifs is 3. The van der Waals surface area contributed by atoms with Gasteiger partial charge >= 0.3 is 0 Å². The minimum atomic E-state index is -0.111. The summed E-state index contributed by atoms with van der Waals surface area (Å²) in [6.45, 7) is 0. The van der Waals surface area contributed by atoms with E-state index in [1.165, 1.54) is 22.6 Å². The maximum Gasteiger partial charge on any atom is 0.0957 e. The van der Waals surface area contributed by atoms with Gasteiger partial charge in [0.05, 0.1) is 30.4 Å². The molecule has 2 aliphatic rings. The van der Waals surface area contributed by atoms with Crippen LogP contribution < -0.4 is 0 Å². The minimum absolute atomic E-state index is 0.111. The van der Waals surface area contributed by atoms with E-state index in [2.05, 4.69) is 21.0 Å². The van der Waals surface area contributed by atoms with E-state index >= 15 is 0 Å². The summed E-state index contributed by atoms with van der Waals surface area (Å²) in [5, 5.41) is 12.1. The Morgan fingerprint density at radius 3 is 3.22 bits per heavy atom. The number of thiophene rings is 1. The van der Waals surface area contributed by atoms with Crippen LogP contribution in [0, 0.1) is 5.92 Å². The second-order valence-corrected chi connectivity index (χ2v) is 6.36. The molecular weight excluding hydrogens is 244 g/mol. The van der Waals surface area contributed by atoms with Gasteiger partial charge in [0.2, 0.25) is 0 Å². The zero-order valence-electron chi connectivity index (χ0n) is 10.1. The van der Waals surface area contributed by atoms with Gasteiger partial charge in [0.15, 0.2) is 0 Å². The van der Waals surface area contributed by atoms with Crippen LogP contribution in [-0.4, -0.2) is 20.8 Å². The lowest BCUT2D eigenvalue weighted by molar-refractivity contribution is 0.0892. The van der Waals surface area contributed by atoms with Gasteiger partial charge in [0.25, 0.3) is 0 Å². The van der Waals surface area contributed by atoms with E-state index in [0.29, 0.717) is 12.0 Å². The molecule has 0 bridgehead atoms. The van der Waals surface area contributed by atoms with Gasteiger partial charge in [-0.1, -0.05) is 6.42 Å². The fraction of sp³-hybridized carbons (Fsp3) is 0.500. The molecule has 0 amide bonds. The number of hydrogen-bond acceptors (Lipinski definition) is 3. The van der Waals surface area contributed by atoms with Crippen molar-refractivity contribution in [1.29, 1.82) is 0 Å². The first-order chi connectivity index (χ1) is 8.84. The molecule has 4 heteroatoms. The first-order valence-electron chi connectivity index (χ1n) is 6.62.